The zero-order valence-electron chi connectivity index (χ0n) is 10.2. The summed E-state index contributed by atoms with van der Waals surface area (Å²) in [4.78, 5) is 0. The van der Waals surface area contributed by atoms with E-state index in [1.807, 2.05) is 43.3 Å². The van der Waals surface area contributed by atoms with Crippen LogP contribution in [0.15, 0.2) is 53.0 Å². The number of halogens is 2. The van der Waals surface area contributed by atoms with Gasteiger partial charge in [-0.2, -0.15) is 0 Å². The molecule has 1 N–H and O–H groups in total. The predicted octanol–water partition coefficient (Wildman–Crippen LogP) is 4.29. The highest BCUT2D eigenvalue weighted by Crippen LogP contribution is 2.25. The summed E-state index contributed by atoms with van der Waals surface area (Å²) in [6, 6.07) is 15.1. The molecule has 0 saturated heterocycles. The van der Waals surface area contributed by atoms with Gasteiger partial charge < -0.3 is 5.32 Å². The van der Waals surface area contributed by atoms with Crippen LogP contribution < -0.4 is 5.32 Å². The van der Waals surface area contributed by atoms with E-state index in [1.165, 1.54) is 6.07 Å². The lowest BCUT2D eigenvalue weighted by Gasteiger charge is -2.19. The first kappa shape index (κ1) is 13.2. The fourth-order valence-electron chi connectivity index (χ4n) is 2.02. The van der Waals surface area contributed by atoms with Crippen molar-refractivity contribution in [2.45, 2.75) is 13.0 Å². The van der Waals surface area contributed by atoms with Crippen molar-refractivity contribution in [2.24, 2.45) is 0 Å². The van der Waals surface area contributed by atoms with Crippen LogP contribution in [0.2, 0.25) is 0 Å². The summed E-state index contributed by atoms with van der Waals surface area (Å²) >= 11 is 3.34. The Kier molecular flexibility index (Phi) is 4.50. The van der Waals surface area contributed by atoms with Gasteiger partial charge in [-0.15, -0.1) is 0 Å². The second-order valence-corrected chi connectivity index (χ2v) is 5.02. The average molecular weight is 308 g/mol. The third-order valence-corrected chi connectivity index (χ3v) is 3.22. The molecule has 18 heavy (non-hydrogen) atoms. The SMILES string of the molecule is CCNC(c1ccccc1)c1cc(F)cc(Br)c1. The minimum Gasteiger partial charge on any atom is -0.307 e. The van der Waals surface area contributed by atoms with Crippen LogP contribution in [0.3, 0.4) is 0 Å². The van der Waals surface area contributed by atoms with Crippen LogP contribution >= 0.6 is 15.9 Å². The van der Waals surface area contributed by atoms with E-state index in [2.05, 4.69) is 21.2 Å². The molecule has 2 aromatic rings. The molecule has 0 fully saturated rings. The minimum absolute atomic E-state index is 0.0169. The van der Waals surface area contributed by atoms with Crippen LogP contribution in [0.4, 0.5) is 4.39 Å². The zero-order chi connectivity index (χ0) is 13.0. The Balaban J connectivity index is 2.41. The number of hydrogen-bond donors (Lipinski definition) is 1. The van der Waals surface area contributed by atoms with E-state index < -0.39 is 0 Å². The van der Waals surface area contributed by atoms with Crippen molar-refractivity contribution < 1.29 is 4.39 Å². The molecule has 0 spiro atoms. The Morgan fingerprint density at radius 3 is 2.44 bits per heavy atom. The highest BCUT2D eigenvalue weighted by atomic mass is 79.9. The normalized spacial score (nSPS) is 12.4. The molecule has 94 valence electrons. The summed E-state index contributed by atoms with van der Waals surface area (Å²) in [7, 11) is 0. The second kappa shape index (κ2) is 6.12. The van der Waals surface area contributed by atoms with Crippen molar-refractivity contribution in [1.82, 2.24) is 5.32 Å². The number of nitrogens with one attached hydrogen (secondary N) is 1. The van der Waals surface area contributed by atoms with Gasteiger partial charge in [-0.25, -0.2) is 4.39 Å². The molecule has 0 bridgehead atoms. The van der Waals surface area contributed by atoms with Crippen LogP contribution in [-0.4, -0.2) is 6.54 Å². The molecule has 0 aliphatic rings. The van der Waals surface area contributed by atoms with Crippen LogP contribution in [0.25, 0.3) is 0 Å². The lowest BCUT2D eigenvalue weighted by Crippen LogP contribution is -2.22. The third kappa shape index (κ3) is 3.18. The average Bonchev–Trinajstić information content (AvgIpc) is 2.36. The molecule has 0 aliphatic heterocycles. The standard InChI is InChI=1S/C15H15BrFN/c1-2-18-15(11-6-4-3-5-7-11)12-8-13(16)10-14(17)9-12/h3-10,15,18H,2H2,1H3. The number of hydrogen-bond acceptors (Lipinski definition) is 1. The van der Waals surface area contributed by atoms with Crippen molar-refractivity contribution in [3.63, 3.8) is 0 Å². The number of benzene rings is 2. The molecule has 0 radical (unpaired) electrons. The molecule has 0 aromatic heterocycles. The van der Waals surface area contributed by atoms with Gasteiger partial charge in [-0.05, 0) is 35.9 Å². The molecular formula is C15H15BrFN. The Bertz CT molecular complexity index is 493. The van der Waals surface area contributed by atoms with E-state index in [0.29, 0.717) is 0 Å². The fourth-order valence-corrected chi connectivity index (χ4v) is 2.50. The van der Waals surface area contributed by atoms with Crippen LogP contribution in [-0.2, 0) is 0 Å². The monoisotopic (exact) mass is 307 g/mol. The lowest BCUT2D eigenvalue weighted by atomic mass is 9.98. The van der Waals surface area contributed by atoms with Gasteiger partial charge in [0.1, 0.15) is 5.82 Å². The van der Waals surface area contributed by atoms with E-state index in [-0.39, 0.29) is 11.9 Å². The molecule has 1 unspecified atom stereocenters. The Morgan fingerprint density at radius 1 is 1.11 bits per heavy atom. The summed E-state index contributed by atoms with van der Waals surface area (Å²) in [5.41, 5.74) is 2.06. The molecule has 0 aliphatic carbocycles. The van der Waals surface area contributed by atoms with Crippen LogP contribution in [0.1, 0.15) is 24.1 Å². The summed E-state index contributed by atoms with van der Waals surface area (Å²) in [6.07, 6.45) is 0. The maximum absolute atomic E-state index is 13.5. The quantitative estimate of drug-likeness (QED) is 0.888. The predicted molar refractivity (Wildman–Crippen MR) is 76.1 cm³/mol. The topological polar surface area (TPSA) is 12.0 Å². The van der Waals surface area contributed by atoms with E-state index in [4.69, 9.17) is 0 Å². The van der Waals surface area contributed by atoms with Gasteiger partial charge in [0.2, 0.25) is 0 Å². The van der Waals surface area contributed by atoms with E-state index in [1.54, 1.807) is 6.07 Å². The Morgan fingerprint density at radius 2 is 1.83 bits per heavy atom. The smallest absolute Gasteiger partial charge is 0.124 e. The van der Waals surface area contributed by atoms with Gasteiger partial charge in [0.05, 0.1) is 6.04 Å². The molecule has 0 amide bonds. The van der Waals surface area contributed by atoms with Crippen molar-refractivity contribution in [3.05, 3.63) is 69.9 Å². The van der Waals surface area contributed by atoms with Crippen LogP contribution in [0.5, 0.6) is 0 Å². The summed E-state index contributed by atoms with van der Waals surface area (Å²) in [5, 5.41) is 3.38. The van der Waals surface area contributed by atoms with E-state index in [0.717, 1.165) is 22.1 Å². The fraction of sp³-hybridized carbons (Fsp3) is 0.200. The van der Waals surface area contributed by atoms with Gasteiger partial charge in [-0.1, -0.05) is 53.2 Å². The first-order chi connectivity index (χ1) is 8.70. The molecule has 3 heteroatoms. The van der Waals surface area contributed by atoms with E-state index >= 15 is 0 Å². The van der Waals surface area contributed by atoms with Crippen molar-refractivity contribution in [3.8, 4) is 0 Å². The molecular weight excluding hydrogens is 293 g/mol. The molecule has 2 rings (SSSR count). The molecule has 1 nitrogen and oxygen atoms in total. The summed E-state index contributed by atoms with van der Waals surface area (Å²) < 4.78 is 14.2. The first-order valence-electron chi connectivity index (χ1n) is 5.95. The van der Waals surface area contributed by atoms with Crippen molar-refractivity contribution in [2.75, 3.05) is 6.54 Å². The molecule has 1 atom stereocenters. The highest BCUT2D eigenvalue weighted by molar-refractivity contribution is 9.10. The Labute approximate surface area is 115 Å². The van der Waals surface area contributed by atoms with Gasteiger partial charge in [0.15, 0.2) is 0 Å². The van der Waals surface area contributed by atoms with Gasteiger partial charge in [0, 0.05) is 4.47 Å². The first-order valence-corrected chi connectivity index (χ1v) is 6.74. The van der Waals surface area contributed by atoms with Gasteiger partial charge >= 0.3 is 0 Å². The largest absolute Gasteiger partial charge is 0.307 e. The minimum atomic E-state index is -0.224. The van der Waals surface area contributed by atoms with Crippen LogP contribution in [0, 0.1) is 5.82 Å². The highest BCUT2D eigenvalue weighted by Gasteiger charge is 2.13. The molecule has 2 aromatic carbocycles. The maximum atomic E-state index is 13.5. The lowest BCUT2D eigenvalue weighted by molar-refractivity contribution is 0.602. The number of rotatable bonds is 4. The van der Waals surface area contributed by atoms with Gasteiger partial charge in [-0.3, -0.25) is 0 Å². The maximum Gasteiger partial charge on any atom is 0.124 e. The molecule has 0 heterocycles. The molecule has 0 saturated carbocycles. The summed E-state index contributed by atoms with van der Waals surface area (Å²) in [6.45, 7) is 2.87. The third-order valence-electron chi connectivity index (χ3n) is 2.76. The van der Waals surface area contributed by atoms with Gasteiger partial charge in [0.25, 0.3) is 0 Å². The van der Waals surface area contributed by atoms with E-state index in [9.17, 15) is 4.39 Å². The van der Waals surface area contributed by atoms with Crippen molar-refractivity contribution >= 4 is 15.9 Å². The second-order valence-electron chi connectivity index (χ2n) is 4.10. The Hall–Kier alpha value is -1.19. The van der Waals surface area contributed by atoms with Crippen molar-refractivity contribution in [1.29, 1.82) is 0 Å². The summed E-state index contributed by atoms with van der Waals surface area (Å²) in [5.74, 6) is -0.224. The zero-order valence-corrected chi connectivity index (χ0v) is 11.7.